The first-order chi connectivity index (χ1) is 10.2. The van der Waals surface area contributed by atoms with Crippen molar-refractivity contribution in [1.82, 2.24) is 4.98 Å². The second-order valence-corrected chi connectivity index (χ2v) is 4.83. The number of benzene rings is 1. The average Bonchev–Trinajstić information content (AvgIpc) is 2.52. The second-order valence-electron chi connectivity index (χ2n) is 4.83. The lowest BCUT2D eigenvalue weighted by molar-refractivity contribution is 0.0690. The molecule has 1 aromatic carbocycles. The normalized spacial score (nSPS) is 10.4. The summed E-state index contributed by atoms with van der Waals surface area (Å²) < 4.78 is 0. The number of nitrogens with zero attached hydrogens (tertiary/aromatic N) is 1. The summed E-state index contributed by atoms with van der Waals surface area (Å²) >= 11 is 0. The Morgan fingerprint density at radius 3 is 2.29 bits per heavy atom. The van der Waals surface area contributed by atoms with Gasteiger partial charge >= 0.3 is 5.97 Å². The van der Waals surface area contributed by atoms with E-state index in [-0.39, 0.29) is 5.69 Å². The van der Waals surface area contributed by atoms with E-state index in [0.717, 1.165) is 24.2 Å². The molecule has 0 aliphatic rings. The number of nitrogens with one attached hydrogen (secondary N) is 1. The minimum atomic E-state index is -1.000. The highest BCUT2D eigenvalue weighted by atomic mass is 16.4. The Balaban J connectivity index is 2.20. The van der Waals surface area contributed by atoms with Gasteiger partial charge in [0.25, 0.3) is 0 Å². The summed E-state index contributed by atoms with van der Waals surface area (Å²) in [6.07, 6.45) is 1.91. The maximum atomic E-state index is 10.9. The molecule has 2 N–H and O–H groups in total. The van der Waals surface area contributed by atoms with Crippen molar-refractivity contribution in [3.8, 4) is 0 Å². The summed E-state index contributed by atoms with van der Waals surface area (Å²) in [5.41, 5.74) is 4.48. The maximum absolute atomic E-state index is 10.9. The van der Waals surface area contributed by atoms with Crippen molar-refractivity contribution in [2.45, 2.75) is 33.2 Å². The predicted octanol–water partition coefficient (Wildman–Crippen LogP) is 3.52. The maximum Gasteiger partial charge on any atom is 0.354 e. The van der Waals surface area contributed by atoms with Crippen LogP contribution in [0.4, 0.5) is 5.69 Å². The topological polar surface area (TPSA) is 62.2 Å². The van der Waals surface area contributed by atoms with E-state index in [4.69, 9.17) is 5.11 Å². The van der Waals surface area contributed by atoms with Crippen LogP contribution in [0.25, 0.3) is 0 Å². The lowest BCUT2D eigenvalue weighted by atomic mass is 10.0. The molecular weight excluding hydrogens is 264 g/mol. The standard InChI is InChI=1S/C17H20N2O2/c1-3-12-7-5-8-13(4-2)16(12)18-11-14-9-6-10-15(19-14)17(20)21/h5-10,18H,3-4,11H2,1-2H3,(H,20,21). The first-order valence-corrected chi connectivity index (χ1v) is 7.19. The molecule has 0 unspecified atom stereocenters. The van der Waals surface area contributed by atoms with Crippen molar-refractivity contribution in [1.29, 1.82) is 0 Å². The van der Waals surface area contributed by atoms with Crippen molar-refractivity contribution < 1.29 is 9.90 Å². The number of aromatic carboxylic acids is 1. The highest BCUT2D eigenvalue weighted by molar-refractivity contribution is 5.85. The molecule has 0 spiro atoms. The molecule has 2 rings (SSSR count). The molecule has 0 aliphatic heterocycles. The number of aryl methyl sites for hydroxylation is 2. The van der Waals surface area contributed by atoms with E-state index >= 15 is 0 Å². The molecular formula is C17H20N2O2. The highest BCUT2D eigenvalue weighted by Gasteiger charge is 2.08. The van der Waals surface area contributed by atoms with Crippen LogP contribution in [0.3, 0.4) is 0 Å². The van der Waals surface area contributed by atoms with Gasteiger partial charge in [-0.2, -0.15) is 0 Å². The molecule has 0 atom stereocenters. The van der Waals surface area contributed by atoms with Crippen molar-refractivity contribution >= 4 is 11.7 Å². The Bertz CT molecular complexity index is 616. The van der Waals surface area contributed by atoms with Crippen molar-refractivity contribution in [2.24, 2.45) is 0 Å². The molecule has 0 radical (unpaired) electrons. The predicted molar refractivity (Wildman–Crippen MR) is 83.7 cm³/mol. The van der Waals surface area contributed by atoms with Gasteiger partial charge in [-0.3, -0.25) is 0 Å². The number of carboxylic acids is 1. The number of para-hydroxylation sites is 1. The van der Waals surface area contributed by atoms with Crippen LogP contribution < -0.4 is 5.32 Å². The molecule has 4 nitrogen and oxygen atoms in total. The Kier molecular flexibility index (Phi) is 4.93. The first-order valence-electron chi connectivity index (χ1n) is 7.19. The Hall–Kier alpha value is -2.36. The van der Waals surface area contributed by atoms with Gasteiger partial charge in [-0.05, 0) is 36.1 Å². The molecule has 1 aromatic heterocycles. The van der Waals surface area contributed by atoms with Gasteiger partial charge in [0, 0.05) is 5.69 Å². The minimum absolute atomic E-state index is 0.0776. The zero-order valence-electron chi connectivity index (χ0n) is 12.4. The first kappa shape index (κ1) is 15.0. The van der Waals surface area contributed by atoms with Crippen LogP contribution in [-0.4, -0.2) is 16.1 Å². The minimum Gasteiger partial charge on any atom is -0.477 e. The molecule has 0 saturated heterocycles. The summed E-state index contributed by atoms with van der Waals surface area (Å²) in [6.45, 7) is 4.78. The van der Waals surface area contributed by atoms with Crippen LogP contribution in [0.2, 0.25) is 0 Å². The van der Waals surface area contributed by atoms with Gasteiger partial charge in [-0.25, -0.2) is 9.78 Å². The zero-order valence-corrected chi connectivity index (χ0v) is 12.4. The lowest BCUT2D eigenvalue weighted by Gasteiger charge is -2.15. The van der Waals surface area contributed by atoms with Crippen LogP contribution in [0.1, 0.15) is 41.2 Å². The number of hydrogen-bond acceptors (Lipinski definition) is 3. The number of carboxylic acid groups (broad SMARTS) is 1. The second kappa shape index (κ2) is 6.88. The van der Waals surface area contributed by atoms with Gasteiger partial charge in [0.1, 0.15) is 5.69 Å². The number of anilines is 1. The van der Waals surface area contributed by atoms with Gasteiger partial charge in [0.2, 0.25) is 0 Å². The molecule has 2 aromatic rings. The number of pyridine rings is 1. The van der Waals surface area contributed by atoms with E-state index in [0.29, 0.717) is 6.54 Å². The van der Waals surface area contributed by atoms with Crippen LogP contribution in [0.15, 0.2) is 36.4 Å². The van der Waals surface area contributed by atoms with Gasteiger partial charge in [-0.1, -0.05) is 38.1 Å². The molecule has 0 amide bonds. The van der Waals surface area contributed by atoms with E-state index in [1.54, 1.807) is 6.07 Å². The lowest BCUT2D eigenvalue weighted by Crippen LogP contribution is -2.09. The Labute approximate surface area is 124 Å². The largest absolute Gasteiger partial charge is 0.477 e. The molecule has 0 fully saturated rings. The van der Waals surface area contributed by atoms with Gasteiger partial charge in [0.05, 0.1) is 12.2 Å². The van der Waals surface area contributed by atoms with Crippen molar-refractivity contribution in [2.75, 3.05) is 5.32 Å². The van der Waals surface area contributed by atoms with E-state index in [9.17, 15) is 4.79 Å². The fraction of sp³-hybridized carbons (Fsp3) is 0.294. The SMILES string of the molecule is CCc1cccc(CC)c1NCc1cccc(C(=O)O)n1. The third kappa shape index (κ3) is 3.60. The molecule has 21 heavy (non-hydrogen) atoms. The monoisotopic (exact) mass is 284 g/mol. The van der Waals surface area contributed by atoms with Crippen LogP contribution in [0.5, 0.6) is 0 Å². The third-order valence-electron chi connectivity index (χ3n) is 3.47. The molecule has 4 heteroatoms. The molecule has 0 saturated carbocycles. The summed E-state index contributed by atoms with van der Waals surface area (Å²) in [5, 5.41) is 12.4. The number of hydrogen-bond donors (Lipinski definition) is 2. The molecule has 1 heterocycles. The smallest absolute Gasteiger partial charge is 0.354 e. The summed E-state index contributed by atoms with van der Waals surface area (Å²) in [7, 11) is 0. The third-order valence-corrected chi connectivity index (χ3v) is 3.47. The van der Waals surface area contributed by atoms with Gasteiger partial charge in [0.15, 0.2) is 0 Å². The summed E-state index contributed by atoms with van der Waals surface area (Å²) in [4.78, 5) is 15.1. The van der Waals surface area contributed by atoms with Crippen molar-refractivity contribution in [3.63, 3.8) is 0 Å². The van der Waals surface area contributed by atoms with Gasteiger partial charge < -0.3 is 10.4 Å². The average molecular weight is 284 g/mol. The van der Waals surface area contributed by atoms with Gasteiger partial charge in [-0.15, -0.1) is 0 Å². The molecule has 0 bridgehead atoms. The fourth-order valence-corrected chi connectivity index (χ4v) is 2.35. The van der Waals surface area contributed by atoms with E-state index in [1.807, 2.05) is 6.07 Å². The zero-order chi connectivity index (χ0) is 15.2. The number of aromatic nitrogens is 1. The van der Waals surface area contributed by atoms with E-state index < -0.39 is 5.97 Å². The molecule has 0 aliphatic carbocycles. The number of rotatable bonds is 6. The summed E-state index contributed by atoms with van der Waals surface area (Å²) in [6, 6.07) is 11.4. The summed E-state index contributed by atoms with van der Waals surface area (Å²) in [5.74, 6) is -1.000. The Morgan fingerprint density at radius 1 is 1.10 bits per heavy atom. The van der Waals surface area contributed by atoms with E-state index in [1.165, 1.54) is 17.2 Å². The van der Waals surface area contributed by atoms with Crippen molar-refractivity contribution in [3.05, 3.63) is 58.9 Å². The van der Waals surface area contributed by atoms with Crippen LogP contribution in [-0.2, 0) is 19.4 Å². The van der Waals surface area contributed by atoms with E-state index in [2.05, 4.69) is 42.3 Å². The Morgan fingerprint density at radius 2 is 1.71 bits per heavy atom. The quantitative estimate of drug-likeness (QED) is 0.852. The van der Waals surface area contributed by atoms with Crippen LogP contribution >= 0.6 is 0 Å². The fourth-order valence-electron chi connectivity index (χ4n) is 2.35. The highest BCUT2D eigenvalue weighted by Crippen LogP contribution is 2.23. The number of carbonyl (C=O) groups is 1. The van der Waals surface area contributed by atoms with Crippen LogP contribution in [0, 0.1) is 0 Å². The molecule has 110 valence electrons.